The molecule has 0 unspecified atom stereocenters. The van der Waals surface area contributed by atoms with E-state index < -0.39 is 0 Å². The van der Waals surface area contributed by atoms with E-state index in [9.17, 15) is 0 Å². The van der Waals surface area contributed by atoms with E-state index in [0.717, 1.165) is 5.56 Å². The number of furan rings is 1. The molecule has 0 radical (unpaired) electrons. The first-order valence-corrected chi connectivity index (χ1v) is 3.97. The fourth-order valence-corrected chi connectivity index (χ4v) is 0.721. The Morgan fingerprint density at radius 3 is 3.15 bits per heavy atom. The minimum absolute atomic E-state index is 0.146. The minimum Gasteiger partial charge on any atom is -0.472 e. The molecule has 0 atom stereocenters. The lowest BCUT2D eigenvalue weighted by atomic mass is 10.3. The second-order valence-corrected chi connectivity index (χ2v) is 2.61. The molecule has 0 aromatic carbocycles. The van der Waals surface area contributed by atoms with Crippen molar-refractivity contribution in [1.82, 2.24) is 5.43 Å². The molecule has 0 spiro atoms. The first-order chi connectivity index (χ1) is 6.29. The van der Waals surface area contributed by atoms with Crippen molar-refractivity contribution >= 4 is 29.6 Å². The molecule has 1 aromatic rings. The molecule has 13 heavy (non-hydrogen) atoms. The molecule has 0 bridgehead atoms. The van der Waals surface area contributed by atoms with Crippen molar-refractivity contribution in [3.8, 4) is 0 Å². The number of rotatable bonds is 3. The van der Waals surface area contributed by atoms with Crippen molar-refractivity contribution in [3.63, 3.8) is 0 Å². The average molecular weight is 195 g/mol. The van der Waals surface area contributed by atoms with Gasteiger partial charge in [-0.3, -0.25) is 5.43 Å². The zero-order chi connectivity index (χ0) is 9.52. The van der Waals surface area contributed by atoms with Crippen molar-refractivity contribution in [1.29, 1.82) is 0 Å². The summed E-state index contributed by atoms with van der Waals surface area (Å²) in [5, 5.41) is 3.86. The maximum atomic E-state index is 5.14. The maximum absolute atomic E-state index is 5.14. The number of nitrogens with one attached hydrogen (secondary N) is 1. The summed E-state index contributed by atoms with van der Waals surface area (Å²) in [6.45, 7) is 0. The SMILES string of the molecule is NC(=S)N/N=C/C=C/c1ccoc1. The molecular formula is C8H9N3OS. The number of nitrogens with zero attached hydrogens (tertiary/aromatic N) is 1. The molecule has 5 heteroatoms. The van der Waals surface area contributed by atoms with Gasteiger partial charge in [0, 0.05) is 11.8 Å². The number of hydrogen-bond donors (Lipinski definition) is 2. The molecule has 4 nitrogen and oxygen atoms in total. The Morgan fingerprint density at radius 1 is 1.69 bits per heavy atom. The van der Waals surface area contributed by atoms with E-state index >= 15 is 0 Å². The van der Waals surface area contributed by atoms with Crippen LogP contribution in [0.25, 0.3) is 6.08 Å². The predicted octanol–water partition coefficient (Wildman–Crippen LogP) is 1.11. The Bertz CT molecular complexity index is 316. The van der Waals surface area contributed by atoms with Gasteiger partial charge in [0.15, 0.2) is 5.11 Å². The van der Waals surface area contributed by atoms with Crippen LogP contribution in [0.2, 0.25) is 0 Å². The zero-order valence-corrected chi connectivity index (χ0v) is 7.62. The molecular weight excluding hydrogens is 186 g/mol. The topological polar surface area (TPSA) is 63.5 Å². The average Bonchev–Trinajstić information content (AvgIpc) is 2.55. The van der Waals surface area contributed by atoms with Gasteiger partial charge in [-0.05, 0) is 24.4 Å². The molecule has 0 fully saturated rings. The van der Waals surface area contributed by atoms with Gasteiger partial charge in [0.05, 0.1) is 12.5 Å². The molecule has 0 aliphatic carbocycles. The number of hydrogen-bond acceptors (Lipinski definition) is 3. The summed E-state index contributed by atoms with van der Waals surface area (Å²) in [5.41, 5.74) is 8.54. The lowest BCUT2D eigenvalue weighted by Gasteiger charge is -1.89. The third kappa shape index (κ3) is 4.07. The van der Waals surface area contributed by atoms with Gasteiger partial charge in [0.1, 0.15) is 0 Å². The van der Waals surface area contributed by atoms with Gasteiger partial charge in [-0.15, -0.1) is 0 Å². The number of nitrogens with two attached hydrogens (primary N) is 1. The molecule has 3 N–H and O–H groups in total. The van der Waals surface area contributed by atoms with Crippen LogP contribution in [-0.4, -0.2) is 11.3 Å². The first kappa shape index (κ1) is 9.47. The Hall–Kier alpha value is -1.62. The van der Waals surface area contributed by atoms with Gasteiger partial charge in [0.2, 0.25) is 0 Å². The second kappa shape index (κ2) is 5.10. The highest BCUT2D eigenvalue weighted by Crippen LogP contribution is 2.00. The van der Waals surface area contributed by atoms with Crippen LogP contribution < -0.4 is 11.2 Å². The monoisotopic (exact) mass is 195 g/mol. The summed E-state index contributed by atoms with van der Waals surface area (Å²) in [4.78, 5) is 0. The molecule has 1 aromatic heterocycles. The molecule has 0 aliphatic heterocycles. The summed E-state index contributed by atoms with van der Waals surface area (Å²) in [5.74, 6) is 0. The summed E-state index contributed by atoms with van der Waals surface area (Å²) in [6, 6.07) is 1.84. The van der Waals surface area contributed by atoms with E-state index in [0.29, 0.717) is 0 Å². The van der Waals surface area contributed by atoms with Crippen LogP contribution in [0.5, 0.6) is 0 Å². The second-order valence-electron chi connectivity index (χ2n) is 2.17. The van der Waals surface area contributed by atoms with Gasteiger partial charge in [-0.25, -0.2) is 0 Å². The van der Waals surface area contributed by atoms with Gasteiger partial charge in [0.25, 0.3) is 0 Å². The number of hydrazone groups is 1. The van der Waals surface area contributed by atoms with Gasteiger partial charge in [-0.2, -0.15) is 5.10 Å². The lowest BCUT2D eigenvalue weighted by Crippen LogP contribution is -2.23. The predicted molar refractivity (Wildman–Crippen MR) is 56.2 cm³/mol. The summed E-state index contributed by atoms with van der Waals surface area (Å²) >= 11 is 4.54. The van der Waals surface area contributed by atoms with Gasteiger partial charge < -0.3 is 10.2 Å². The Kier molecular flexibility index (Phi) is 3.72. The van der Waals surface area contributed by atoms with Crippen molar-refractivity contribution in [2.24, 2.45) is 10.8 Å². The van der Waals surface area contributed by atoms with E-state index in [4.69, 9.17) is 10.2 Å². The smallest absolute Gasteiger partial charge is 0.184 e. The highest BCUT2D eigenvalue weighted by Gasteiger charge is 1.83. The fraction of sp³-hybridized carbons (Fsp3) is 0. The minimum atomic E-state index is 0.146. The summed E-state index contributed by atoms with van der Waals surface area (Å²) in [6.07, 6.45) is 8.37. The standard InChI is InChI=1S/C8H9N3OS/c9-8(13)11-10-4-1-2-7-3-5-12-6-7/h1-6H,(H3,9,11,13)/b2-1+,10-4+. The van der Waals surface area contributed by atoms with Crippen molar-refractivity contribution in [2.45, 2.75) is 0 Å². The maximum Gasteiger partial charge on any atom is 0.184 e. The number of allylic oxidation sites excluding steroid dienone is 1. The van der Waals surface area contributed by atoms with Crippen LogP contribution in [-0.2, 0) is 0 Å². The van der Waals surface area contributed by atoms with E-state index in [1.807, 2.05) is 12.1 Å². The lowest BCUT2D eigenvalue weighted by molar-refractivity contribution is 0.567. The van der Waals surface area contributed by atoms with Gasteiger partial charge >= 0.3 is 0 Å². The van der Waals surface area contributed by atoms with Crippen LogP contribution in [0.15, 0.2) is 34.2 Å². The van der Waals surface area contributed by atoms with Crippen LogP contribution in [0.1, 0.15) is 5.56 Å². The normalized spacial score (nSPS) is 11.1. The van der Waals surface area contributed by atoms with Crippen LogP contribution >= 0.6 is 12.2 Å². The van der Waals surface area contributed by atoms with Crippen LogP contribution in [0.4, 0.5) is 0 Å². The van der Waals surface area contributed by atoms with Crippen molar-refractivity contribution in [3.05, 3.63) is 30.2 Å². The Morgan fingerprint density at radius 2 is 2.54 bits per heavy atom. The molecule has 1 heterocycles. The third-order valence-electron chi connectivity index (χ3n) is 1.17. The summed E-state index contributed by atoms with van der Waals surface area (Å²) in [7, 11) is 0. The Labute approximate surface area is 81.1 Å². The highest BCUT2D eigenvalue weighted by atomic mass is 32.1. The number of thiocarbonyl (C=S) groups is 1. The molecule has 0 saturated heterocycles. The van der Waals surface area contributed by atoms with E-state index in [-0.39, 0.29) is 5.11 Å². The molecule has 1 rings (SSSR count). The van der Waals surface area contributed by atoms with Gasteiger partial charge in [-0.1, -0.05) is 6.08 Å². The quantitative estimate of drug-likeness (QED) is 0.431. The fourth-order valence-electron chi connectivity index (χ4n) is 0.668. The van der Waals surface area contributed by atoms with Crippen LogP contribution in [0.3, 0.4) is 0 Å². The van der Waals surface area contributed by atoms with E-state index in [1.165, 1.54) is 0 Å². The molecule has 68 valence electrons. The Balaban J connectivity index is 2.34. The van der Waals surface area contributed by atoms with Crippen molar-refractivity contribution in [2.75, 3.05) is 0 Å². The van der Waals surface area contributed by atoms with Crippen LogP contribution in [0, 0.1) is 0 Å². The van der Waals surface area contributed by atoms with Crippen molar-refractivity contribution < 1.29 is 4.42 Å². The highest BCUT2D eigenvalue weighted by molar-refractivity contribution is 7.80. The largest absolute Gasteiger partial charge is 0.472 e. The molecule has 0 saturated carbocycles. The summed E-state index contributed by atoms with van der Waals surface area (Å²) < 4.78 is 4.86. The molecule has 0 aliphatic rings. The zero-order valence-electron chi connectivity index (χ0n) is 6.81. The third-order valence-corrected chi connectivity index (χ3v) is 1.26. The van der Waals surface area contributed by atoms with E-state index in [1.54, 1.807) is 24.8 Å². The van der Waals surface area contributed by atoms with E-state index in [2.05, 4.69) is 22.7 Å². The molecule has 0 amide bonds. The first-order valence-electron chi connectivity index (χ1n) is 3.56.